The van der Waals surface area contributed by atoms with Gasteiger partial charge in [-0.25, -0.2) is 4.98 Å². The summed E-state index contributed by atoms with van der Waals surface area (Å²) in [4.78, 5) is 15.0. The summed E-state index contributed by atoms with van der Waals surface area (Å²) >= 11 is 0. The van der Waals surface area contributed by atoms with E-state index in [-0.39, 0.29) is 5.91 Å². The second-order valence-electron chi connectivity index (χ2n) is 3.80. The van der Waals surface area contributed by atoms with E-state index in [1.807, 2.05) is 31.2 Å². The molecular weight excluding hydrogens is 230 g/mol. The molecule has 0 spiro atoms. The first-order valence-electron chi connectivity index (χ1n) is 5.79. The van der Waals surface area contributed by atoms with E-state index in [1.54, 1.807) is 6.20 Å². The van der Waals surface area contributed by atoms with Crippen LogP contribution >= 0.6 is 0 Å². The number of hydrogen-bond acceptors (Lipinski definition) is 4. The van der Waals surface area contributed by atoms with Crippen molar-refractivity contribution in [3.8, 4) is 0 Å². The molecule has 0 unspecified atom stereocenters. The summed E-state index contributed by atoms with van der Waals surface area (Å²) in [7, 11) is 0. The highest BCUT2D eigenvalue weighted by Crippen LogP contribution is 2.14. The zero-order valence-corrected chi connectivity index (χ0v) is 10.1. The van der Waals surface area contributed by atoms with E-state index in [4.69, 9.17) is 4.42 Å². The Hall–Kier alpha value is -2.30. The third kappa shape index (κ3) is 3.35. The van der Waals surface area contributed by atoms with Crippen molar-refractivity contribution in [1.29, 1.82) is 0 Å². The van der Waals surface area contributed by atoms with Gasteiger partial charge in [0.1, 0.15) is 5.76 Å². The number of rotatable bonds is 5. The van der Waals surface area contributed by atoms with Gasteiger partial charge in [0.05, 0.1) is 12.7 Å². The molecule has 1 amide bonds. The lowest BCUT2D eigenvalue weighted by atomic mass is 10.2. The molecule has 1 aromatic heterocycles. The van der Waals surface area contributed by atoms with Crippen LogP contribution in [-0.4, -0.2) is 10.9 Å². The Labute approximate surface area is 105 Å². The smallest absolute Gasteiger partial charge is 0.224 e. The van der Waals surface area contributed by atoms with Gasteiger partial charge in [0, 0.05) is 17.8 Å². The first-order valence-corrected chi connectivity index (χ1v) is 5.79. The summed E-state index contributed by atoms with van der Waals surface area (Å²) in [5.41, 5.74) is 1.76. The van der Waals surface area contributed by atoms with E-state index in [0.717, 1.165) is 17.1 Å². The molecule has 1 aromatic carbocycles. The zero-order chi connectivity index (χ0) is 12.8. The van der Waals surface area contributed by atoms with Crippen LogP contribution in [0, 0.1) is 0 Å². The van der Waals surface area contributed by atoms with Gasteiger partial charge in [0.2, 0.25) is 5.91 Å². The number of carbonyl (C=O) groups is 1. The van der Waals surface area contributed by atoms with Crippen LogP contribution in [0.25, 0.3) is 0 Å². The molecule has 94 valence electrons. The molecule has 18 heavy (non-hydrogen) atoms. The molecule has 0 radical (unpaired) electrons. The highest BCUT2D eigenvalue weighted by Gasteiger charge is 2.00. The second-order valence-corrected chi connectivity index (χ2v) is 3.80. The Morgan fingerprint density at radius 1 is 1.28 bits per heavy atom. The van der Waals surface area contributed by atoms with Crippen LogP contribution in [-0.2, 0) is 11.3 Å². The van der Waals surface area contributed by atoms with Crippen molar-refractivity contribution in [2.45, 2.75) is 19.9 Å². The predicted molar refractivity (Wildman–Crippen MR) is 69.2 cm³/mol. The maximum Gasteiger partial charge on any atom is 0.224 e. The second kappa shape index (κ2) is 5.86. The summed E-state index contributed by atoms with van der Waals surface area (Å²) in [6.07, 6.45) is 3.55. The summed E-state index contributed by atoms with van der Waals surface area (Å²) in [5.74, 6) is 0.788. The highest BCUT2D eigenvalue weighted by molar-refractivity contribution is 5.90. The molecule has 0 saturated carbocycles. The van der Waals surface area contributed by atoms with E-state index >= 15 is 0 Å². The third-order valence-corrected chi connectivity index (χ3v) is 2.44. The van der Waals surface area contributed by atoms with Crippen molar-refractivity contribution >= 4 is 17.3 Å². The normalized spacial score (nSPS) is 10.1. The topological polar surface area (TPSA) is 67.2 Å². The van der Waals surface area contributed by atoms with Crippen LogP contribution in [0.5, 0.6) is 0 Å². The number of amides is 1. The predicted octanol–water partition coefficient (Wildman–Crippen LogP) is 2.64. The van der Waals surface area contributed by atoms with E-state index in [0.29, 0.717) is 13.0 Å². The van der Waals surface area contributed by atoms with Gasteiger partial charge >= 0.3 is 0 Å². The van der Waals surface area contributed by atoms with Crippen LogP contribution in [0.2, 0.25) is 0 Å². The van der Waals surface area contributed by atoms with Crippen molar-refractivity contribution in [2.24, 2.45) is 0 Å². The van der Waals surface area contributed by atoms with Gasteiger partial charge in [-0.1, -0.05) is 6.92 Å². The first-order chi connectivity index (χ1) is 8.78. The molecule has 0 fully saturated rings. The molecular formula is C13H15N3O2. The SMILES string of the molecule is CCC(=O)Nc1ccc(NCc2cnco2)cc1. The van der Waals surface area contributed by atoms with E-state index < -0.39 is 0 Å². The highest BCUT2D eigenvalue weighted by atomic mass is 16.3. The minimum absolute atomic E-state index is 0.0115. The lowest BCUT2D eigenvalue weighted by Crippen LogP contribution is -2.09. The molecule has 0 aliphatic heterocycles. The molecule has 2 rings (SSSR count). The molecule has 2 N–H and O–H groups in total. The monoisotopic (exact) mass is 245 g/mol. The molecule has 0 aliphatic rings. The van der Waals surface area contributed by atoms with Crippen LogP contribution in [0.15, 0.2) is 41.3 Å². The Balaban J connectivity index is 1.89. The Bertz CT molecular complexity index is 491. The van der Waals surface area contributed by atoms with E-state index in [9.17, 15) is 4.79 Å². The van der Waals surface area contributed by atoms with Crippen molar-refractivity contribution in [1.82, 2.24) is 4.98 Å². The molecule has 5 nitrogen and oxygen atoms in total. The average Bonchev–Trinajstić information content (AvgIpc) is 2.91. The quantitative estimate of drug-likeness (QED) is 0.849. The molecule has 5 heteroatoms. The maximum atomic E-state index is 11.2. The van der Waals surface area contributed by atoms with Crippen molar-refractivity contribution in [3.05, 3.63) is 42.6 Å². The molecule has 1 heterocycles. The van der Waals surface area contributed by atoms with Crippen LogP contribution in [0.4, 0.5) is 11.4 Å². The number of nitrogens with zero attached hydrogens (tertiary/aromatic N) is 1. The van der Waals surface area contributed by atoms with Crippen molar-refractivity contribution < 1.29 is 9.21 Å². The van der Waals surface area contributed by atoms with Gasteiger partial charge < -0.3 is 15.1 Å². The van der Waals surface area contributed by atoms with Crippen LogP contribution in [0.3, 0.4) is 0 Å². The number of aromatic nitrogens is 1. The van der Waals surface area contributed by atoms with E-state index in [1.165, 1.54) is 6.39 Å². The molecule has 0 saturated heterocycles. The molecule has 2 aromatic rings. The number of anilines is 2. The fraction of sp³-hybridized carbons (Fsp3) is 0.231. The van der Waals surface area contributed by atoms with E-state index in [2.05, 4.69) is 15.6 Å². The molecule has 0 bridgehead atoms. The summed E-state index contributed by atoms with van der Waals surface area (Å²) in [6, 6.07) is 7.52. The third-order valence-electron chi connectivity index (χ3n) is 2.44. The zero-order valence-electron chi connectivity index (χ0n) is 10.1. The van der Waals surface area contributed by atoms with Gasteiger partial charge in [-0.05, 0) is 24.3 Å². The maximum absolute atomic E-state index is 11.2. The number of carbonyl (C=O) groups excluding carboxylic acids is 1. The molecule has 0 atom stereocenters. The van der Waals surface area contributed by atoms with Crippen LogP contribution < -0.4 is 10.6 Å². The lowest BCUT2D eigenvalue weighted by Gasteiger charge is -2.06. The largest absolute Gasteiger partial charge is 0.447 e. The van der Waals surface area contributed by atoms with Gasteiger partial charge in [-0.2, -0.15) is 0 Å². The fourth-order valence-corrected chi connectivity index (χ4v) is 1.44. The van der Waals surface area contributed by atoms with Gasteiger partial charge in [0.15, 0.2) is 6.39 Å². The minimum atomic E-state index is 0.0115. The van der Waals surface area contributed by atoms with Gasteiger partial charge in [-0.3, -0.25) is 4.79 Å². The number of hydrogen-bond donors (Lipinski definition) is 2. The standard InChI is InChI=1S/C13H15N3O2/c1-2-13(17)16-11-5-3-10(4-6-11)15-8-12-7-14-9-18-12/h3-7,9,15H,2,8H2,1H3,(H,16,17). The first kappa shape index (κ1) is 12.2. The van der Waals surface area contributed by atoms with Gasteiger partial charge in [0.25, 0.3) is 0 Å². The Morgan fingerprint density at radius 3 is 2.61 bits per heavy atom. The molecule has 0 aliphatic carbocycles. The van der Waals surface area contributed by atoms with Crippen molar-refractivity contribution in [2.75, 3.05) is 10.6 Å². The lowest BCUT2D eigenvalue weighted by molar-refractivity contribution is -0.115. The summed E-state index contributed by atoms with van der Waals surface area (Å²) in [6.45, 7) is 2.41. The Morgan fingerprint density at radius 2 is 2.00 bits per heavy atom. The number of benzene rings is 1. The number of oxazole rings is 1. The van der Waals surface area contributed by atoms with Gasteiger partial charge in [-0.15, -0.1) is 0 Å². The summed E-state index contributed by atoms with van der Waals surface area (Å²) < 4.78 is 5.12. The minimum Gasteiger partial charge on any atom is -0.447 e. The number of nitrogens with one attached hydrogen (secondary N) is 2. The Kier molecular flexibility index (Phi) is 3.96. The summed E-state index contributed by atoms with van der Waals surface area (Å²) in [5, 5.41) is 5.99. The average molecular weight is 245 g/mol. The van der Waals surface area contributed by atoms with Crippen molar-refractivity contribution in [3.63, 3.8) is 0 Å². The fourth-order valence-electron chi connectivity index (χ4n) is 1.44. The van der Waals surface area contributed by atoms with Crippen LogP contribution in [0.1, 0.15) is 19.1 Å².